The van der Waals surface area contributed by atoms with E-state index in [0.29, 0.717) is 23.6 Å². The van der Waals surface area contributed by atoms with Crippen molar-refractivity contribution >= 4 is 12.0 Å². The Morgan fingerprint density at radius 1 is 1.07 bits per heavy atom. The van der Waals surface area contributed by atoms with Gasteiger partial charge in [0.1, 0.15) is 12.4 Å². The molecule has 2 N–H and O–H groups in total. The zero-order valence-corrected chi connectivity index (χ0v) is 16.2. The number of ether oxygens (including phenoxy) is 2. The molecule has 0 saturated heterocycles. The van der Waals surface area contributed by atoms with Crippen LogP contribution < -0.4 is 15.4 Å². The van der Waals surface area contributed by atoms with Crippen molar-refractivity contribution in [2.75, 3.05) is 0 Å². The lowest BCUT2D eigenvalue weighted by Gasteiger charge is -2.28. The lowest BCUT2D eigenvalue weighted by atomic mass is 9.95. The maximum absolute atomic E-state index is 12.5. The summed E-state index contributed by atoms with van der Waals surface area (Å²) in [6, 6.07) is 16.3. The summed E-state index contributed by atoms with van der Waals surface area (Å²) in [7, 11) is 0. The number of esters is 1. The molecule has 3 rings (SSSR count). The maximum atomic E-state index is 12.5. The zero-order chi connectivity index (χ0) is 20.1. The minimum absolute atomic E-state index is 0.250. The van der Waals surface area contributed by atoms with E-state index in [1.807, 2.05) is 54.6 Å². The van der Waals surface area contributed by atoms with Crippen LogP contribution in [0.15, 0.2) is 65.9 Å². The highest BCUT2D eigenvalue weighted by molar-refractivity contribution is 5.95. The van der Waals surface area contributed by atoms with Gasteiger partial charge in [0.2, 0.25) is 0 Å². The van der Waals surface area contributed by atoms with Gasteiger partial charge in [-0.25, -0.2) is 9.59 Å². The lowest BCUT2D eigenvalue weighted by Crippen LogP contribution is -2.45. The van der Waals surface area contributed by atoms with Crippen LogP contribution in [-0.4, -0.2) is 18.1 Å². The van der Waals surface area contributed by atoms with E-state index in [1.54, 1.807) is 20.8 Å². The molecule has 0 aliphatic carbocycles. The minimum Gasteiger partial charge on any atom is -0.489 e. The predicted octanol–water partition coefficient (Wildman–Crippen LogP) is 3.85. The lowest BCUT2D eigenvalue weighted by molar-refractivity contribution is -0.143. The Morgan fingerprint density at radius 3 is 2.39 bits per heavy atom. The van der Waals surface area contributed by atoms with Gasteiger partial charge in [0.15, 0.2) is 0 Å². The molecule has 146 valence electrons. The number of nitrogens with one attached hydrogen (secondary N) is 2. The van der Waals surface area contributed by atoms with Gasteiger partial charge in [0.05, 0.1) is 17.7 Å². The third-order valence-electron chi connectivity index (χ3n) is 4.29. The van der Waals surface area contributed by atoms with Crippen molar-refractivity contribution in [2.45, 2.75) is 39.5 Å². The van der Waals surface area contributed by atoms with Crippen molar-refractivity contribution in [1.29, 1.82) is 0 Å². The first-order valence-corrected chi connectivity index (χ1v) is 9.20. The van der Waals surface area contributed by atoms with Crippen molar-refractivity contribution < 1.29 is 19.1 Å². The number of rotatable bonds is 6. The van der Waals surface area contributed by atoms with Crippen LogP contribution in [0.25, 0.3) is 0 Å². The van der Waals surface area contributed by atoms with Gasteiger partial charge in [-0.2, -0.15) is 0 Å². The molecule has 0 fully saturated rings. The predicted molar refractivity (Wildman–Crippen MR) is 106 cm³/mol. The summed E-state index contributed by atoms with van der Waals surface area (Å²) in [5.74, 6) is 0.259. The first kappa shape index (κ1) is 19.5. The molecular formula is C22H24N2O4. The van der Waals surface area contributed by atoms with Crippen LogP contribution in [0.5, 0.6) is 5.75 Å². The van der Waals surface area contributed by atoms with Crippen LogP contribution in [0, 0.1) is 0 Å². The Morgan fingerprint density at radius 2 is 1.75 bits per heavy atom. The molecule has 1 atom stereocenters. The number of hydrogen-bond donors (Lipinski definition) is 2. The molecule has 6 nitrogen and oxygen atoms in total. The highest BCUT2D eigenvalue weighted by Gasteiger charge is 2.32. The van der Waals surface area contributed by atoms with Crippen LogP contribution in [-0.2, 0) is 16.1 Å². The van der Waals surface area contributed by atoms with Gasteiger partial charge in [-0.15, -0.1) is 0 Å². The van der Waals surface area contributed by atoms with Crippen molar-refractivity contribution in [1.82, 2.24) is 10.6 Å². The summed E-state index contributed by atoms with van der Waals surface area (Å²) in [4.78, 5) is 24.5. The standard InChI is InChI=1S/C22H24N2O4/c1-14(2)28-21(25)19-15(3)23-22(26)24-20(19)17-9-11-18(12-10-17)27-13-16-7-5-4-6-8-16/h4-12,14,20H,13H2,1-3H3,(H2,23,24,26)/t20-/m0/s1. The summed E-state index contributed by atoms with van der Waals surface area (Å²) in [6.45, 7) is 5.74. The van der Waals surface area contributed by atoms with Crippen LogP contribution >= 0.6 is 0 Å². The highest BCUT2D eigenvalue weighted by Crippen LogP contribution is 2.29. The second-order valence-electron chi connectivity index (χ2n) is 6.87. The molecular weight excluding hydrogens is 356 g/mol. The largest absolute Gasteiger partial charge is 0.489 e. The summed E-state index contributed by atoms with van der Waals surface area (Å²) in [5.41, 5.74) is 2.74. The number of allylic oxidation sites excluding steroid dienone is 1. The zero-order valence-electron chi connectivity index (χ0n) is 16.2. The number of benzene rings is 2. The molecule has 6 heteroatoms. The topological polar surface area (TPSA) is 76.7 Å². The number of urea groups is 1. The Bertz CT molecular complexity index is 873. The van der Waals surface area contributed by atoms with Gasteiger partial charge in [0.25, 0.3) is 0 Å². The van der Waals surface area contributed by atoms with Gasteiger partial charge in [0, 0.05) is 5.70 Å². The third kappa shape index (κ3) is 4.71. The fourth-order valence-electron chi connectivity index (χ4n) is 2.99. The Labute approximate surface area is 164 Å². The van der Waals surface area contributed by atoms with Gasteiger partial charge in [-0.1, -0.05) is 42.5 Å². The van der Waals surface area contributed by atoms with E-state index < -0.39 is 12.0 Å². The molecule has 0 saturated carbocycles. The summed E-state index contributed by atoms with van der Waals surface area (Å²) in [5, 5.41) is 5.43. The number of amides is 2. The fourth-order valence-corrected chi connectivity index (χ4v) is 2.99. The van der Waals surface area contributed by atoms with E-state index in [4.69, 9.17) is 9.47 Å². The average molecular weight is 380 g/mol. The fraction of sp³-hybridized carbons (Fsp3) is 0.273. The quantitative estimate of drug-likeness (QED) is 0.747. The van der Waals surface area contributed by atoms with Crippen LogP contribution in [0.2, 0.25) is 0 Å². The van der Waals surface area contributed by atoms with E-state index in [1.165, 1.54) is 0 Å². The Hall–Kier alpha value is -3.28. The van der Waals surface area contributed by atoms with Crippen molar-refractivity contribution in [3.63, 3.8) is 0 Å². The van der Waals surface area contributed by atoms with Gasteiger partial charge >= 0.3 is 12.0 Å². The normalized spacial score (nSPS) is 16.4. The second kappa shape index (κ2) is 8.61. The molecule has 0 radical (unpaired) electrons. The van der Waals surface area contributed by atoms with Gasteiger partial charge < -0.3 is 20.1 Å². The van der Waals surface area contributed by atoms with Gasteiger partial charge in [-0.3, -0.25) is 0 Å². The van der Waals surface area contributed by atoms with Crippen LogP contribution in [0.3, 0.4) is 0 Å². The van der Waals surface area contributed by atoms with Crippen molar-refractivity contribution in [3.05, 3.63) is 77.0 Å². The number of hydrogen-bond acceptors (Lipinski definition) is 4. The van der Waals surface area contributed by atoms with Gasteiger partial charge in [-0.05, 0) is 44.0 Å². The minimum atomic E-state index is -0.580. The van der Waals surface area contributed by atoms with E-state index in [2.05, 4.69) is 10.6 Å². The summed E-state index contributed by atoms with van der Waals surface area (Å²) in [6.07, 6.45) is -0.250. The molecule has 2 amide bonds. The van der Waals surface area contributed by atoms with E-state index in [-0.39, 0.29) is 12.1 Å². The van der Waals surface area contributed by atoms with E-state index >= 15 is 0 Å². The molecule has 1 aliphatic heterocycles. The molecule has 2 aromatic carbocycles. The van der Waals surface area contributed by atoms with Crippen LogP contribution in [0.4, 0.5) is 4.79 Å². The Balaban J connectivity index is 1.77. The van der Waals surface area contributed by atoms with E-state index in [9.17, 15) is 9.59 Å². The van der Waals surface area contributed by atoms with E-state index in [0.717, 1.165) is 11.1 Å². The molecule has 1 heterocycles. The molecule has 0 spiro atoms. The molecule has 28 heavy (non-hydrogen) atoms. The monoisotopic (exact) mass is 380 g/mol. The molecule has 0 aromatic heterocycles. The molecule has 0 bridgehead atoms. The summed E-state index contributed by atoms with van der Waals surface area (Å²) < 4.78 is 11.1. The number of carbonyl (C=O) groups excluding carboxylic acids is 2. The van der Waals surface area contributed by atoms with Crippen molar-refractivity contribution in [2.24, 2.45) is 0 Å². The first-order valence-electron chi connectivity index (χ1n) is 9.20. The second-order valence-corrected chi connectivity index (χ2v) is 6.87. The van der Waals surface area contributed by atoms with Crippen LogP contribution in [0.1, 0.15) is 37.9 Å². The SMILES string of the molecule is CC1=C(C(=O)OC(C)C)[C@H](c2ccc(OCc3ccccc3)cc2)NC(=O)N1. The van der Waals surface area contributed by atoms with Crippen molar-refractivity contribution in [3.8, 4) is 5.75 Å². The highest BCUT2D eigenvalue weighted by atomic mass is 16.5. The first-order chi connectivity index (χ1) is 13.4. The number of carbonyl (C=O) groups is 2. The molecule has 2 aromatic rings. The maximum Gasteiger partial charge on any atom is 0.338 e. The molecule has 0 unspecified atom stereocenters. The summed E-state index contributed by atoms with van der Waals surface area (Å²) >= 11 is 0. The third-order valence-corrected chi connectivity index (χ3v) is 4.29. The Kier molecular flexibility index (Phi) is 5.99. The molecule has 1 aliphatic rings. The smallest absolute Gasteiger partial charge is 0.338 e. The average Bonchev–Trinajstić information content (AvgIpc) is 2.66.